The fourth-order valence-electron chi connectivity index (χ4n) is 3.19. The maximum absolute atomic E-state index is 12.3. The van der Waals surface area contributed by atoms with Crippen molar-refractivity contribution in [3.8, 4) is 0 Å². The van der Waals surface area contributed by atoms with Gasteiger partial charge in [-0.05, 0) is 24.3 Å². The van der Waals surface area contributed by atoms with E-state index >= 15 is 0 Å². The lowest BCUT2D eigenvalue weighted by Crippen LogP contribution is -2.52. The van der Waals surface area contributed by atoms with Crippen LogP contribution in [0.2, 0.25) is 0 Å². The second-order valence-corrected chi connectivity index (χ2v) is 6.37. The van der Waals surface area contributed by atoms with Crippen molar-refractivity contribution in [2.45, 2.75) is 19.3 Å². The van der Waals surface area contributed by atoms with Gasteiger partial charge in [0.1, 0.15) is 0 Å². The van der Waals surface area contributed by atoms with Gasteiger partial charge >= 0.3 is 0 Å². The molecule has 3 rings (SSSR count). The highest BCUT2D eigenvalue weighted by atomic mass is 16.5. The Morgan fingerprint density at radius 1 is 1.22 bits per heavy atom. The molecule has 2 heterocycles. The van der Waals surface area contributed by atoms with Crippen molar-refractivity contribution in [2.24, 2.45) is 5.92 Å². The summed E-state index contributed by atoms with van der Waals surface area (Å²) in [5, 5.41) is 0. The minimum Gasteiger partial charge on any atom is -0.381 e. The van der Waals surface area contributed by atoms with Crippen LogP contribution in [0.5, 0.6) is 0 Å². The van der Waals surface area contributed by atoms with Gasteiger partial charge in [-0.2, -0.15) is 0 Å². The lowest BCUT2D eigenvalue weighted by Gasteiger charge is -2.34. The molecule has 5 heteroatoms. The molecule has 2 amide bonds. The highest BCUT2D eigenvalue weighted by Gasteiger charge is 2.29. The largest absolute Gasteiger partial charge is 0.381 e. The number of hydrogen-bond acceptors (Lipinski definition) is 3. The van der Waals surface area contributed by atoms with E-state index in [4.69, 9.17) is 4.74 Å². The van der Waals surface area contributed by atoms with Gasteiger partial charge in [0.25, 0.3) is 0 Å². The summed E-state index contributed by atoms with van der Waals surface area (Å²) in [7, 11) is 0. The molecule has 0 bridgehead atoms. The van der Waals surface area contributed by atoms with Crippen molar-refractivity contribution in [1.82, 2.24) is 9.80 Å². The lowest BCUT2D eigenvalue weighted by molar-refractivity contribution is -0.145. The molecule has 23 heavy (non-hydrogen) atoms. The number of ether oxygens (including phenoxy) is 1. The van der Waals surface area contributed by atoms with Gasteiger partial charge < -0.3 is 14.5 Å². The van der Waals surface area contributed by atoms with Gasteiger partial charge in [-0.3, -0.25) is 9.59 Å². The molecule has 0 aliphatic carbocycles. The maximum Gasteiger partial charge on any atom is 0.242 e. The Hall–Kier alpha value is -1.88. The molecule has 1 atom stereocenters. The van der Waals surface area contributed by atoms with E-state index in [1.165, 1.54) is 5.56 Å². The van der Waals surface area contributed by atoms with Crippen LogP contribution < -0.4 is 0 Å². The molecule has 0 spiro atoms. The number of amides is 2. The van der Waals surface area contributed by atoms with Crippen LogP contribution in [-0.2, 0) is 20.7 Å². The van der Waals surface area contributed by atoms with Crippen molar-refractivity contribution in [1.29, 1.82) is 0 Å². The summed E-state index contributed by atoms with van der Waals surface area (Å²) in [5.74, 6) is 0.480. The van der Waals surface area contributed by atoms with Crippen LogP contribution >= 0.6 is 0 Å². The summed E-state index contributed by atoms with van der Waals surface area (Å²) in [5.41, 5.74) is 1.24. The second-order valence-electron chi connectivity index (χ2n) is 6.37. The number of benzene rings is 1. The number of rotatable bonds is 5. The van der Waals surface area contributed by atoms with E-state index in [2.05, 4.69) is 12.1 Å². The molecule has 5 nitrogen and oxygen atoms in total. The number of nitrogens with zero attached hydrogens (tertiary/aromatic N) is 2. The minimum absolute atomic E-state index is 0.0585. The smallest absolute Gasteiger partial charge is 0.242 e. The molecule has 0 N–H and O–H groups in total. The molecule has 1 unspecified atom stereocenters. The van der Waals surface area contributed by atoms with Gasteiger partial charge in [0, 0.05) is 39.3 Å². The number of carbonyl (C=O) groups is 2. The predicted octanol–water partition coefficient (Wildman–Crippen LogP) is 1.33. The highest BCUT2D eigenvalue weighted by molar-refractivity contribution is 5.86. The van der Waals surface area contributed by atoms with Crippen LogP contribution in [0.15, 0.2) is 30.3 Å². The first-order valence-corrected chi connectivity index (χ1v) is 8.39. The fraction of sp³-hybridized carbons (Fsp3) is 0.556. The van der Waals surface area contributed by atoms with Gasteiger partial charge in [0.15, 0.2) is 0 Å². The third-order valence-electron chi connectivity index (χ3n) is 4.67. The molecule has 2 fully saturated rings. The molecule has 2 saturated heterocycles. The van der Waals surface area contributed by atoms with E-state index in [1.807, 2.05) is 23.1 Å². The number of carbonyl (C=O) groups excluding carboxylic acids is 2. The maximum atomic E-state index is 12.3. The summed E-state index contributed by atoms with van der Waals surface area (Å²) in [6.45, 7) is 3.66. The minimum atomic E-state index is 0.0585. The molecule has 0 aromatic heterocycles. The monoisotopic (exact) mass is 316 g/mol. The second kappa shape index (κ2) is 7.59. The standard InChI is InChI=1S/C18H24N2O3/c21-17(12-16-7-11-23-14-16)20-10-9-19(18(22)13-20)8-6-15-4-2-1-3-5-15/h1-5,16H,6-14H2. The third-order valence-corrected chi connectivity index (χ3v) is 4.67. The molecule has 2 aliphatic rings. The Labute approximate surface area is 137 Å². The van der Waals surface area contributed by atoms with Crippen LogP contribution in [0.4, 0.5) is 0 Å². The van der Waals surface area contributed by atoms with Gasteiger partial charge in [0.05, 0.1) is 6.54 Å². The van der Waals surface area contributed by atoms with E-state index in [0.29, 0.717) is 32.0 Å². The van der Waals surface area contributed by atoms with Gasteiger partial charge in [0.2, 0.25) is 11.8 Å². The molecular formula is C18H24N2O3. The van der Waals surface area contributed by atoms with Crippen molar-refractivity contribution in [3.63, 3.8) is 0 Å². The Balaban J connectivity index is 1.45. The van der Waals surface area contributed by atoms with E-state index < -0.39 is 0 Å². The summed E-state index contributed by atoms with van der Waals surface area (Å²) >= 11 is 0. The highest BCUT2D eigenvalue weighted by Crippen LogP contribution is 2.18. The van der Waals surface area contributed by atoms with Crippen molar-refractivity contribution >= 4 is 11.8 Å². The third kappa shape index (κ3) is 4.32. The molecule has 1 aromatic rings. The zero-order chi connectivity index (χ0) is 16.1. The normalized spacial score (nSPS) is 21.7. The first-order chi connectivity index (χ1) is 11.2. The fourth-order valence-corrected chi connectivity index (χ4v) is 3.19. The van der Waals surface area contributed by atoms with E-state index in [1.54, 1.807) is 4.90 Å². The number of hydrogen-bond donors (Lipinski definition) is 0. The van der Waals surface area contributed by atoms with E-state index in [0.717, 1.165) is 26.0 Å². The quantitative estimate of drug-likeness (QED) is 0.823. The zero-order valence-electron chi connectivity index (χ0n) is 13.4. The SMILES string of the molecule is O=C1CN(C(=O)CC2CCOC2)CCN1CCc1ccccc1. The summed E-state index contributed by atoms with van der Waals surface area (Å²) in [6, 6.07) is 10.2. The Bertz CT molecular complexity index is 540. The first kappa shape index (κ1) is 16.0. The molecule has 2 aliphatic heterocycles. The lowest BCUT2D eigenvalue weighted by atomic mass is 10.0. The van der Waals surface area contributed by atoms with Crippen LogP contribution in [-0.4, -0.2) is 61.0 Å². The van der Waals surface area contributed by atoms with Crippen LogP contribution in [0, 0.1) is 5.92 Å². The topological polar surface area (TPSA) is 49.9 Å². The van der Waals surface area contributed by atoms with Gasteiger partial charge in [-0.15, -0.1) is 0 Å². The zero-order valence-corrected chi connectivity index (χ0v) is 13.4. The summed E-state index contributed by atoms with van der Waals surface area (Å²) < 4.78 is 5.31. The van der Waals surface area contributed by atoms with Gasteiger partial charge in [-0.25, -0.2) is 0 Å². The van der Waals surface area contributed by atoms with Crippen molar-refractivity contribution in [2.75, 3.05) is 39.4 Å². The molecule has 0 radical (unpaired) electrons. The van der Waals surface area contributed by atoms with Gasteiger partial charge in [-0.1, -0.05) is 30.3 Å². The first-order valence-electron chi connectivity index (χ1n) is 8.39. The average molecular weight is 316 g/mol. The predicted molar refractivity (Wildman–Crippen MR) is 86.8 cm³/mol. The summed E-state index contributed by atoms with van der Waals surface area (Å²) in [6.07, 6.45) is 2.33. The van der Waals surface area contributed by atoms with E-state index in [9.17, 15) is 9.59 Å². The van der Waals surface area contributed by atoms with Crippen molar-refractivity contribution in [3.05, 3.63) is 35.9 Å². The average Bonchev–Trinajstić information content (AvgIpc) is 3.07. The Kier molecular flexibility index (Phi) is 5.28. The number of piperazine rings is 1. The molecule has 124 valence electrons. The van der Waals surface area contributed by atoms with Crippen LogP contribution in [0.3, 0.4) is 0 Å². The summed E-state index contributed by atoms with van der Waals surface area (Å²) in [4.78, 5) is 28.1. The Morgan fingerprint density at radius 3 is 2.74 bits per heavy atom. The van der Waals surface area contributed by atoms with E-state index in [-0.39, 0.29) is 18.4 Å². The molecule has 1 aromatic carbocycles. The Morgan fingerprint density at radius 2 is 2.04 bits per heavy atom. The van der Waals surface area contributed by atoms with Crippen LogP contribution in [0.1, 0.15) is 18.4 Å². The van der Waals surface area contributed by atoms with Crippen LogP contribution in [0.25, 0.3) is 0 Å². The molecular weight excluding hydrogens is 292 g/mol. The molecule has 0 saturated carbocycles. The van der Waals surface area contributed by atoms with Crippen molar-refractivity contribution < 1.29 is 14.3 Å².